The van der Waals surface area contributed by atoms with Gasteiger partial charge in [0.1, 0.15) is 4.90 Å². The molecule has 0 saturated carbocycles. The Morgan fingerprint density at radius 3 is 2.43 bits per heavy atom. The van der Waals surface area contributed by atoms with Crippen molar-refractivity contribution >= 4 is 32.7 Å². The first-order chi connectivity index (χ1) is 17.7. The quantitative estimate of drug-likeness (QED) is 0.344. The van der Waals surface area contributed by atoms with Crippen molar-refractivity contribution in [2.24, 2.45) is 5.14 Å². The summed E-state index contributed by atoms with van der Waals surface area (Å²) in [4.78, 5) is 7.19. The van der Waals surface area contributed by atoms with Crippen molar-refractivity contribution < 1.29 is 8.42 Å². The summed E-state index contributed by atoms with van der Waals surface area (Å²) in [6.45, 7) is 4.91. The second-order valence-electron chi connectivity index (χ2n) is 10.6. The zero-order valence-electron chi connectivity index (χ0n) is 20.8. The lowest BCUT2D eigenvalue weighted by Gasteiger charge is -2.38. The molecule has 3 heterocycles. The Hall–Kier alpha value is -2.78. The smallest absolute Gasteiger partial charge is 0.239 e. The monoisotopic (exact) mass is 535 g/mol. The zero-order valence-corrected chi connectivity index (χ0v) is 22.4. The summed E-state index contributed by atoms with van der Waals surface area (Å²) in [7, 11) is -3.90. The van der Waals surface area contributed by atoms with Crippen molar-refractivity contribution in [2.75, 3.05) is 13.1 Å². The predicted molar refractivity (Wildman–Crippen MR) is 147 cm³/mol. The first kappa shape index (κ1) is 24.6. The van der Waals surface area contributed by atoms with E-state index in [4.69, 9.17) is 16.7 Å². The number of aromatic nitrogens is 3. The zero-order chi connectivity index (χ0) is 25.8. The number of likely N-dealkylation sites (tertiary alicyclic amines) is 1. The molecular formula is C28H30ClN5O2S. The predicted octanol–water partition coefficient (Wildman–Crippen LogP) is 5.33. The highest BCUT2D eigenvalue weighted by Gasteiger charge is 2.34. The fourth-order valence-electron chi connectivity index (χ4n) is 5.95. The van der Waals surface area contributed by atoms with Gasteiger partial charge in [-0.3, -0.25) is 10.00 Å². The number of hydrogen-bond acceptors (Lipinski definition) is 5. The number of primary sulfonamides is 1. The molecular weight excluding hydrogens is 506 g/mol. The third-order valence-corrected chi connectivity index (χ3v) is 9.61. The first-order valence-corrected chi connectivity index (χ1v) is 14.7. The van der Waals surface area contributed by atoms with Crippen molar-refractivity contribution in [2.45, 2.75) is 55.9 Å². The standard InChI is InChI=1S/C28H30ClN5O2S/c1-28(34-12-2-3-13-34)10-8-18-4-5-19(14-20(18)9-11-28)22-15-23-26(32-33-27(23)31-17-22)21-6-7-25(24(29)16-21)37(30,35)36/h4-7,14-17H,2-3,8-13H2,1H3,(H2,30,35,36)(H,31,32,33). The van der Waals surface area contributed by atoms with Gasteiger partial charge in [-0.15, -0.1) is 0 Å². The maximum Gasteiger partial charge on any atom is 0.239 e. The number of nitrogens with one attached hydrogen (secondary N) is 1. The van der Waals surface area contributed by atoms with Gasteiger partial charge >= 0.3 is 0 Å². The number of aromatic amines is 1. The van der Waals surface area contributed by atoms with Gasteiger partial charge in [0.25, 0.3) is 0 Å². The van der Waals surface area contributed by atoms with Crippen molar-refractivity contribution in [1.29, 1.82) is 0 Å². The molecule has 192 valence electrons. The summed E-state index contributed by atoms with van der Waals surface area (Å²) in [6.07, 6.45) is 9.08. The minimum absolute atomic E-state index is 0.0681. The van der Waals surface area contributed by atoms with Crippen LogP contribution >= 0.6 is 11.6 Å². The number of rotatable bonds is 4. The summed E-state index contributed by atoms with van der Waals surface area (Å²) in [5, 5.41) is 13.5. The number of pyridine rings is 1. The van der Waals surface area contributed by atoms with E-state index in [2.05, 4.69) is 51.3 Å². The van der Waals surface area contributed by atoms with Crippen molar-refractivity contribution in [3.05, 3.63) is 64.8 Å². The SMILES string of the molecule is CC1(N2CCCC2)CCc2ccc(-c3cnc4n[nH]c(-c5ccc(S(N)(=O)=O)c(Cl)c5)c4c3)cc2CC1. The molecule has 1 saturated heterocycles. The Kier molecular flexibility index (Phi) is 6.11. The Morgan fingerprint density at radius 2 is 1.70 bits per heavy atom. The first-order valence-electron chi connectivity index (χ1n) is 12.8. The van der Waals surface area contributed by atoms with E-state index >= 15 is 0 Å². The Balaban J connectivity index is 1.33. The van der Waals surface area contributed by atoms with Crippen LogP contribution in [-0.4, -0.2) is 47.1 Å². The maximum atomic E-state index is 11.8. The van der Waals surface area contributed by atoms with Crippen molar-refractivity contribution in [3.8, 4) is 22.4 Å². The molecule has 2 aliphatic rings. The van der Waals surface area contributed by atoms with E-state index in [0.717, 1.165) is 35.0 Å². The molecule has 1 unspecified atom stereocenters. The van der Waals surface area contributed by atoms with Crippen LogP contribution in [0.15, 0.2) is 53.6 Å². The van der Waals surface area contributed by atoms with Gasteiger partial charge in [-0.1, -0.05) is 35.9 Å². The maximum absolute atomic E-state index is 11.8. The minimum atomic E-state index is -3.90. The Bertz CT molecular complexity index is 1610. The fourth-order valence-corrected chi connectivity index (χ4v) is 7.04. The molecule has 1 aliphatic carbocycles. The van der Waals surface area contributed by atoms with Gasteiger partial charge in [-0.2, -0.15) is 5.10 Å². The van der Waals surface area contributed by atoms with Gasteiger partial charge < -0.3 is 0 Å². The number of H-pyrrole nitrogens is 1. The molecule has 1 atom stereocenters. The lowest BCUT2D eigenvalue weighted by Crippen LogP contribution is -2.44. The highest BCUT2D eigenvalue weighted by molar-refractivity contribution is 7.89. The van der Waals surface area contributed by atoms with Gasteiger partial charge in [0, 0.05) is 28.2 Å². The highest BCUT2D eigenvalue weighted by atomic mass is 35.5. The molecule has 2 aromatic heterocycles. The third-order valence-electron chi connectivity index (χ3n) is 8.21. The molecule has 0 spiro atoms. The van der Waals surface area contributed by atoms with Crippen LogP contribution in [0.1, 0.15) is 43.7 Å². The lowest BCUT2D eigenvalue weighted by molar-refractivity contribution is 0.118. The second kappa shape index (κ2) is 9.20. The number of fused-ring (bicyclic) bond motifs is 2. The molecule has 3 N–H and O–H groups in total. The third kappa shape index (κ3) is 4.56. The van der Waals surface area contributed by atoms with Gasteiger partial charge in [0.05, 0.1) is 10.7 Å². The lowest BCUT2D eigenvalue weighted by atomic mass is 9.90. The molecule has 0 bridgehead atoms. The van der Waals surface area contributed by atoms with Gasteiger partial charge in [-0.25, -0.2) is 18.5 Å². The van der Waals surface area contributed by atoms with Gasteiger partial charge in [0.15, 0.2) is 5.65 Å². The van der Waals surface area contributed by atoms with Crippen LogP contribution in [-0.2, 0) is 22.9 Å². The Morgan fingerprint density at radius 1 is 0.973 bits per heavy atom. The van der Waals surface area contributed by atoms with Gasteiger partial charge in [0.2, 0.25) is 10.0 Å². The highest BCUT2D eigenvalue weighted by Crippen LogP contribution is 2.37. The van der Waals surface area contributed by atoms with E-state index in [0.29, 0.717) is 11.2 Å². The van der Waals surface area contributed by atoms with Crippen molar-refractivity contribution in [3.63, 3.8) is 0 Å². The summed E-state index contributed by atoms with van der Waals surface area (Å²) < 4.78 is 23.5. The molecule has 37 heavy (non-hydrogen) atoms. The average molecular weight is 536 g/mol. The molecule has 9 heteroatoms. The molecule has 1 aliphatic heterocycles. The number of nitrogens with two attached hydrogens (primary N) is 1. The molecule has 2 aromatic carbocycles. The topological polar surface area (TPSA) is 105 Å². The fraction of sp³-hybridized carbons (Fsp3) is 0.357. The van der Waals surface area contributed by atoms with Gasteiger partial charge in [-0.05, 0) is 93.4 Å². The number of halogens is 1. The number of benzene rings is 2. The normalized spacial score (nSPS) is 20.7. The second-order valence-corrected chi connectivity index (χ2v) is 12.5. The molecule has 4 aromatic rings. The summed E-state index contributed by atoms with van der Waals surface area (Å²) >= 11 is 6.24. The number of sulfonamides is 1. The molecule has 7 nitrogen and oxygen atoms in total. The van der Waals surface area contributed by atoms with Crippen LogP contribution in [0.3, 0.4) is 0 Å². The van der Waals surface area contributed by atoms with Crippen LogP contribution in [0.25, 0.3) is 33.4 Å². The van der Waals surface area contributed by atoms with Crippen molar-refractivity contribution in [1.82, 2.24) is 20.1 Å². The van der Waals surface area contributed by atoms with Crippen LogP contribution in [0.5, 0.6) is 0 Å². The summed E-state index contributed by atoms with van der Waals surface area (Å²) in [5.74, 6) is 0. The van der Waals surface area contributed by atoms with Crippen LogP contribution in [0, 0.1) is 0 Å². The molecule has 1 fully saturated rings. The van der Waals surface area contributed by atoms with E-state index in [1.165, 1.54) is 56.0 Å². The number of aryl methyl sites for hydroxylation is 2. The van der Waals surface area contributed by atoms with E-state index in [9.17, 15) is 8.42 Å². The molecule has 0 radical (unpaired) electrons. The van der Waals surface area contributed by atoms with Crippen LogP contribution < -0.4 is 5.14 Å². The average Bonchev–Trinajstić information content (AvgIpc) is 3.53. The van der Waals surface area contributed by atoms with E-state index in [1.807, 2.05) is 6.20 Å². The van der Waals surface area contributed by atoms with Crippen LogP contribution in [0.2, 0.25) is 5.02 Å². The minimum Gasteiger partial charge on any atom is -0.298 e. The Labute approximate surface area is 222 Å². The number of nitrogens with zero attached hydrogens (tertiary/aromatic N) is 3. The molecule has 6 rings (SSSR count). The molecule has 0 amide bonds. The number of hydrogen-bond donors (Lipinski definition) is 2. The van der Waals surface area contributed by atoms with Crippen LogP contribution in [0.4, 0.5) is 0 Å². The largest absolute Gasteiger partial charge is 0.298 e. The van der Waals surface area contributed by atoms with E-state index < -0.39 is 10.0 Å². The summed E-state index contributed by atoms with van der Waals surface area (Å²) in [5.41, 5.74) is 7.32. The van der Waals surface area contributed by atoms with E-state index in [1.54, 1.807) is 12.1 Å². The van der Waals surface area contributed by atoms with E-state index in [-0.39, 0.29) is 15.5 Å². The summed E-state index contributed by atoms with van der Waals surface area (Å²) in [6, 6.07) is 13.6.